The largest absolute Gasteiger partial charge is 0.469 e. The first-order valence-corrected chi connectivity index (χ1v) is 6.80. The quantitative estimate of drug-likeness (QED) is 0.720. The number of fused-ring (bicyclic) bond motifs is 1. The van der Waals surface area contributed by atoms with E-state index < -0.39 is 0 Å². The first kappa shape index (κ1) is 11.5. The van der Waals surface area contributed by atoms with Gasteiger partial charge in [-0.15, -0.1) is 0 Å². The summed E-state index contributed by atoms with van der Waals surface area (Å²) in [6.07, 6.45) is 2.62. The smallest absolute Gasteiger partial charge is 0.309 e. The van der Waals surface area contributed by atoms with E-state index in [1.54, 1.807) is 0 Å². The van der Waals surface area contributed by atoms with E-state index in [0.717, 1.165) is 19.0 Å². The summed E-state index contributed by atoms with van der Waals surface area (Å²) in [5.74, 6) is 2.31. The first-order valence-electron chi connectivity index (χ1n) is 6.80. The van der Waals surface area contributed by atoms with Crippen molar-refractivity contribution < 1.29 is 9.53 Å². The highest BCUT2D eigenvalue weighted by atomic mass is 16.5. The van der Waals surface area contributed by atoms with Crippen LogP contribution in [0.4, 0.5) is 0 Å². The van der Waals surface area contributed by atoms with Gasteiger partial charge in [0.15, 0.2) is 0 Å². The standard InChI is InChI=1S/C13H22N2O2/c1-17-13(16)12-10-7-15(8-11(10)12)6-9-2-4-14-5-3-9/h9-12,14H,2-8H2,1H3. The predicted octanol–water partition coefficient (Wildman–Crippen LogP) is 0.337. The van der Waals surface area contributed by atoms with Gasteiger partial charge in [-0.25, -0.2) is 0 Å². The van der Waals surface area contributed by atoms with E-state index in [0.29, 0.717) is 11.8 Å². The summed E-state index contributed by atoms with van der Waals surface area (Å²) in [4.78, 5) is 14.0. The van der Waals surface area contributed by atoms with Gasteiger partial charge in [0, 0.05) is 19.6 Å². The molecule has 2 heterocycles. The second-order valence-electron chi connectivity index (χ2n) is 5.79. The highest BCUT2D eigenvalue weighted by molar-refractivity contribution is 5.76. The molecule has 0 aromatic carbocycles. The average molecular weight is 238 g/mol. The second-order valence-corrected chi connectivity index (χ2v) is 5.79. The minimum absolute atomic E-state index is 0.0153. The van der Waals surface area contributed by atoms with Crippen molar-refractivity contribution in [3.05, 3.63) is 0 Å². The summed E-state index contributed by atoms with van der Waals surface area (Å²) in [6.45, 7) is 5.83. The molecule has 0 aromatic rings. The van der Waals surface area contributed by atoms with Gasteiger partial charge >= 0.3 is 5.97 Å². The summed E-state index contributed by atoms with van der Waals surface area (Å²) in [7, 11) is 1.50. The lowest BCUT2D eigenvalue weighted by atomic mass is 9.97. The fourth-order valence-electron chi connectivity index (χ4n) is 3.68. The summed E-state index contributed by atoms with van der Waals surface area (Å²) in [5, 5.41) is 3.41. The SMILES string of the molecule is COC(=O)C1C2CN(CC3CCNCC3)CC21. The third-order valence-electron chi connectivity index (χ3n) is 4.72. The van der Waals surface area contributed by atoms with Crippen LogP contribution in [-0.2, 0) is 9.53 Å². The van der Waals surface area contributed by atoms with E-state index in [-0.39, 0.29) is 11.9 Å². The summed E-state index contributed by atoms with van der Waals surface area (Å²) < 4.78 is 4.83. The Bertz CT molecular complexity index is 290. The van der Waals surface area contributed by atoms with E-state index >= 15 is 0 Å². The predicted molar refractivity (Wildman–Crippen MR) is 64.5 cm³/mol. The topological polar surface area (TPSA) is 41.6 Å². The molecule has 96 valence electrons. The number of carbonyl (C=O) groups excluding carboxylic acids is 1. The van der Waals surface area contributed by atoms with Crippen LogP contribution in [0.15, 0.2) is 0 Å². The van der Waals surface area contributed by atoms with Crippen LogP contribution in [0.25, 0.3) is 0 Å². The maximum absolute atomic E-state index is 11.4. The number of hydrogen-bond donors (Lipinski definition) is 1. The zero-order valence-electron chi connectivity index (χ0n) is 10.5. The summed E-state index contributed by atoms with van der Waals surface area (Å²) >= 11 is 0. The second kappa shape index (κ2) is 4.58. The lowest BCUT2D eigenvalue weighted by Gasteiger charge is -2.28. The number of rotatable bonds is 3. The van der Waals surface area contributed by atoms with Gasteiger partial charge in [-0.1, -0.05) is 0 Å². The van der Waals surface area contributed by atoms with Crippen LogP contribution >= 0.6 is 0 Å². The van der Waals surface area contributed by atoms with Gasteiger partial charge in [0.1, 0.15) is 0 Å². The fraction of sp³-hybridized carbons (Fsp3) is 0.923. The van der Waals surface area contributed by atoms with E-state index in [1.165, 1.54) is 39.6 Å². The van der Waals surface area contributed by atoms with Crippen LogP contribution in [0.5, 0.6) is 0 Å². The van der Waals surface area contributed by atoms with Crippen LogP contribution in [0.2, 0.25) is 0 Å². The van der Waals surface area contributed by atoms with Gasteiger partial charge < -0.3 is 15.0 Å². The summed E-state index contributed by atoms with van der Waals surface area (Å²) in [5.41, 5.74) is 0. The lowest BCUT2D eigenvalue weighted by molar-refractivity contribution is -0.143. The van der Waals surface area contributed by atoms with Crippen LogP contribution in [0.3, 0.4) is 0 Å². The first-order chi connectivity index (χ1) is 8.29. The minimum Gasteiger partial charge on any atom is -0.469 e. The number of ether oxygens (including phenoxy) is 1. The lowest BCUT2D eigenvalue weighted by Crippen LogP contribution is -2.36. The molecule has 4 nitrogen and oxygen atoms in total. The molecule has 2 saturated heterocycles. The molecule has 1 aliphatic carbocycles. The number of nitrogens with zero attached hydrogens (tertiary/aromatic N) is 1. The van der Waals surface area contributed by atoms with Crippen molar-refractivity contribution in [3.8, 4) is 0 Å². The molecular weight excluding hydrogens is 216 g/mol. The number of likely N-dealkylation sites (tertiary alicyclic amines) is 1. The Balaban J connectivity index is 1.44. The van der Waals surface area contributed by atoms with E-state index in [9.17, 15) is 4.79 Å². The van der Waals surface area contributed by atoms with Crippen molar-refractivity contribution in [1.29, 1.82) is 0 Å². The number of piperidine rings is 2. The van der Waals surface area contributed by atoms with Crippen LogP contribution in [0.1, 0.15) is 12.8 Å². The van der Waals surface area contributed by atoms with Crippen molar-refractivity contribution in [3.63, 3.8) is 0 Å². The Morgan fingerprint density at radius 3 is 2.53 bits per heavy atom. The van der Waals surface area contributed by atoms with Gasteiger partial charge in [0.2, 0.25) is 0 Å². The average Bonchev–Trinajstić information content (AvgIpc) is 2.86. The number of carbonyl (C=O) groups is 1. The molecule has 3 aliphatic rings. The van der Waals surface area contributed by atoms with Crippen molar-refractivity contribution in [2.75, 3.05) is 39.8 Å². The molecule has 17 heavy (non-hydrogen) atoms. The highest BCUT2D eigenvalue weighted by Crippen LogP contribution is 2.52. The Morgan fingerprint density at radius 2 is 1.94 bits per heavy atom. The summed E-state index contributed by atoms with van der Waals surface area (Å²) in [6, 6.07) is 0. The van der Waals surface area contributed by atoms with Crippen molar-refractivity contribution in [2.45, 2.75) is 12.8 Å². The number of esters is 1. The van der Waals surface area contributed by atoms with Crippen molar-refractivity contribution in [2.24, 2.45) is 23.7 Å². The molecule has 2 unspecified atom stereocenters. The number of methoxy groups -OCH3 is 1. The normalized spacial score (nSPS) is 37.8. The van der Waals surface area contributed by atoms with Crippen molar-refractivity contribution in [1.82, 2.24) is 10.2 Å². The van der Waals surface area contributed by atoms with Crippen LogP contribution < -0.4 is 5.32 Å². The minimum atomic E-state index is 0.0153. The van der Waals surface area contributed by atoms with Gasteiger partial charge in [-0.3, -0.25) is 4.79 Å². The Kier molecular flexibility index (Phi) is 3.09. The Labute approximate surface area is 103 Å². The van der Waals surface area contributed by atoms with E-state index in [4.69, 9.17) is 4.74 Å². The molecular formula is C13H22N2O2. The molecule has 4 heteroatoms. The number of nitrogens with one attached hydrogen (secondary N) is 1. The molecule has 0 radical (unpaired) electrons. The Morgan fingerprint density at radius 1 is 1.29 bits per heavy atom. The van der Waals surface area contributed by atoms with Gasteiger partial charge in [-0.2, -0.15) is 0 Å². The maximum atomic E-state index is 11.4. The molecule has 0 aromatic heterocycles. The molecule has 1 saturated carbocycles. The zero-order valence-corrected chi connectivity index (χ0v) is 10.5. The molecule has 0 amide bonds. The molecule has 2 atom stereocenters. The van der Waals surface area contributed by atoms with Crippen LogP contribution in [0, 0.1) is 23.7 Å². The molecule has 0 bridgehead atoms. The van der Waals surface area contributed by atoms with Crippen molar-refractivity contribution >= 4 is 5.97 Å². The highest BCUT2D eigenvalue weighted by Gasteiger charge is 2.59. The third kappa shape index (κ3) is 2.20. The van der Waals surface area contributed by atoms with Gasteiger partial charge in [0.25, 0.3) is 0 Å². The molecule has 3 fully saturated rings. The molecule has 2 aliphatic heterocycles. The van der Waals surface area contributed by atoms with E-state index in [1.807, 2.05) is 0 Å². The molecule has 1 N–H and O–H groups in total. The molecule has 0 spiro atoms. The molecule has 3 rings (SSSR count). The van der Waals surface area contributed by atoms with Gasteiger partial charge in [0.05, 0.1) is 13.0 Å². The van der Waals surface area contributed by atoms with Gasteiger partial charge in [-0.05, 0) is 43.7 Å². The zero-order chi connectivity index (χ0) is 11.8. The fourth-order valence-corrected chi connectivity index (χ4v) is 3.68. The third-order valence-corrected chi connectivity index (χ3v) is 4.72. The maximum Gasteiger partial charge on any atom is 0.309 e. The number of hydrogen-bond acceptors (Lipinski definition) is 4. The van der Waals surface area contributed by atoms with Crippen LogP contribution in [-0.4, -0.2) is 50.7 Å². The van der Waals surface area contributed by atoms with E-state index in [2.05, 4.69) is 10.2 Å². The monoisotopic (exact) mass is 238 g/mol. The Hall–Kier alpha value is -0.610.